The van der Waals surface area contributed by atoms with Gasteiger partial charge in [0.1, 0.15) is 11.3 Å². The highest BCUT2D eigenvalue weighted by Gasteiger charge is 2.28. The molecule has 0 radical (unpaired) electrons. The van der Waals surface area contributed by atoms with Crippen LogP contribution in [0.15, 0.2) is 34.5 Å². The number of aromatic nitrogens is 1. The molecule has 2 heterocycles. The maximum atomic E-state index is 12.8. The molecular weight excluding hydrogens is 416 g/mol. The van der Waals surface area contributed by atoms with Crippen molar-refractivity contribution in [1.29, 1.82) is 0 Å². The van der Waals surface area contributed by atoms with Gasteiger partial charge in [-0.15, -0.1) is 0 Å². The Morgan fingerprint density at radius 2 is 1.94 bits per heavy atom. The lowest BCUT2D eigenvalue weighted by Gasteiger charge is -2.30. The molecule has 164 valence electrons. The fraction of sp³-hybridized carbons (Fsp3) is 0.478. The molecule has 8 heteroatoms. The molecule has 2 aliphatic carbocycles. The second-order valence-electron chi connectivity index (χ2n) is 8.93. The van der Waals surface area contributed by atoms with Crippen molar-refractivity contribution >= 4 is 26.6 Å². The zero-order valence-corrected chi connectivity index (χ0v) is 18.0. The molecule has 0 bridgehead atoms. The van der Waals surface area contributed by atoms with Gasteiger partial charge in [-0.1, -0.05) is 25.0 Å². The van der Waals surface area contributed by atoms with E-state index in [4.69, 9.17) is 4.74 Å². The van der Waals surface area contributed by atoms with Crippen LogP contribution in [0.25, 0.3) is 10.9 Å². The number of rotatable bonds is 6. The van der Waals surface area contributed by atoms with Gasteiger partial charge >= 0.3 is 0 Å². The molecule has 0 spiro atoms. The van der Waals surface area contributed by atoms with Gasteiger partial charge < -0.3 is 15.0 Å². The summed E-state index contributed by atoms with van der Waals surface area (Å²) in [6.07, 6.45) is 8.46. The largest absolute Gasteiger partial charge is 0.491 e. The zero-order valence-electron chi connectivity index (χ0n) is 17.2. The minimum absolute atomic E-state index is 0.0356. The molecule has 5 rings (SSSR count). The van der Waals surface area contributed by atoms with E-state index in [1.807, 2.05) is 6.07 Å². The number of aromatic amines is 1. The van der Waals surface area contributed by atoms with Crippen LogP contribution in [0.1, 0.15) is 60.4 Å². The zero-order chi connectivity index (χ0) is 21.6. The van der Waals surface area contributed by atoms with Crippen LogP contribution >= 0.6 is 0 Å². The van der Waals surface area contributed by atoms with Crippen molar-refractivity contribution in [1.82, 2.24) is 10.3 Å². The van der Waals surface area contributed by atoms with E-state index < -0.39 is 27.3 Å². The molecule has 0 saturated heterocycles. The van der Waals surface area contributed by atoms with Gasteiger partial charge in [0, 0.05) is 10.8 Å². The number of pyridine rings is 1. The summed E-state index contributed by atoms with van der Waals surface area (Å²) in [6, 6.07) is 4.91. The van der Waals surface area contributed by atoms with Crippen LogP contribution in [-0.2, 0) is 9.84 Å². The summed E-state index contributed by atoms with van der Waals surface area (Å²) < 4.78 is 29.4. The van der Waals surface area contributed by atoms with Crippen LogP contribution in [0.2, 0.25) is 0 Å². The number of hydrogen-bond donors (Lipinski definition) is 2. The van der Waals surface area contributed by atoms with Crippen molar-refractivity contribution in [2.75, 3.05) is 12.4 Å². The van der Waals surface area contributed by atoms with Gasteiger partial charge in [0.05, 0.1) is 23.9 Å². The summed E-state index contributed by atoms with van der Waals surface area (Å²) in [5.74, 6) is 0.979. The number of hydrogen-bond acceptors (Lipinski definition) is 5. The quantitative estimate of drug-likeness (QED) is 0.715. The average Bonchev–Trinajstić information content (AvgIpc) is 2.98. The fourth-order valence-electron chi connectivity index (χ4n) is 4.40. The molecule has 1 atom stereocenters. The maximum Gasteiger partial charge on any atom is 0.261 e. The third kappa shape index (κ3) is 4.01. The van der Waals surface area contributed by atoms with Crippen molar-refractivity contribution in [2.24, 2.45) is 5.92 Å². The van der Waals surface area contributed by atoms with Gasteiger partial charge in [-0.2, -0.15) is 0 Å². The highest BCUT2D eigenvalue weighted by atomic mass is 32.2. The minimum atomic E-state index is -3.29. The number of amides is 1. The van der Waals surface area contributed by atoms with E-state index in [1.165, 1.54) is 31.8 Å². The Morgan fingerprint density at radius 1 is 1.16 bits per heavy atom. The van der Waals surface area contributed by atoms with Gasteiger partial charge in [-0.25, -0.2) is 8.42 Å². The number of carbonyl (C=O) groups excluding carboxylic acids is 1. The summed E-state index contributed by atoms with van der Waals surface area (Å²) >= 11 is 0. The Morgan fingerprint density at radius 3 is 2.55 bits per heavy atom. The van der Waals surface area contributed by atoms with E-state index in [0.717, 1.165) is 34.9 Å². The second-order valence-corrected chi connectivity index (χ2v) is 10.9. The number of sulfone groups is 1. The Bertz CT molecular complexity index is 1220. The number of fused-ring (bicyclic) bond motifs is 1. The molecule has 1 aromatic heterocycles. The lowest BCUT2D eigenvalue weighted by Crippen LogP contribution is -2.38. The molecule has 1 amide bonds. The van der Waals surface area contributed by atoms with Crippen LogP contribution in [0.4, 0.5) is 0 Å². The summed E-state index contributed by atoms with van der Waals surface area (Å²) in [5.41, 5.74) is 1.22. The van der Waals surface area contributed by atoms with Crippen molar-refractivity contribution in [3.8, 4) is 5.75 Å². The Labute approximate surface area is 180 Å². The smallest absolute Gasteiger partial charge is 0.261 e. The van der Waals surface area contributed by atoms with Gasteiger partial charge in [-0.3, -0.25) is 9.59 Å². The van der Waals surface area contributed by atoms with Crippen molar-refractivity contribution < 1.29 is 17.9 Å². The molecule has 1 aromatic carbocycles. The molecular formula is C23H26N2O5S. The monoisotopic (exact) mass is 442 g/mol. The van der Waals surface area contributed by atoms with Crippen LogP contribution in [0.5, 0.6) is 5.75 Å². The number of H-pyrrole nitrogens is 1. The van der Waals surface area contributed by atoms with Gasteiger partial charge in [0.15, 0.2) is 9.84 Å². The van der Waals surface area contributed by atoms with Crippen LogP contribution in [0.3, 0.4) is 0 Å². The molecule has 3 aliphatic rings. The third-order valence-electron chi connectivity index (χ3n) is 6.73. The molecule has 2 fully saturated rings. The van der Waals surface area contributed by atoms with Crippen LogP contribution < -0.4 is 15.6 Å². The third-order valence-corrected chi connectivity index (χ3v) is 8.12. The highest BCUT2D eigenvalue weighted by Crippen LogP contribution is 2.43. The Kier molecular flexibility index (Phi) is 5.12. The van der Waals surface area contributed by atoms with E-state index in [9.17, 15) is 18.0 Å². The fourth-order valence-corrected chi connectivity index (χ4v) is 5.64. The van der Waals surface area contributed by atoms with E-state index in [1.54, 1.807) is 6.07 Å². The lowest BCUT2D eigenvalue weighted by atomic mass is 9.79. The van der Waals surface area contributed by atoms with Gasteiger partial charge in [0.25, 0.3) is 11.5 Å². The molecule has 1 unspecified atom stereocenters. The molecule has 2 N–H and O–H groups in total. The predicted octanol–water partition coefficient (Wildman–Crippen LogP) is 3.02. The normalized spacial score (nSPS) is 22.8. The van der Waals surface area contributed by atoms with Crippen molar-refractivity contribution in [2.45, 2.75) is 50.5 Å². The molecule has 7 nitrogen and oxygen atoms in total. The molecule has 2 saturated carbocycles. The molecule has 2 aromatic rings. The predicted molar refractivity (Wildman–Crippen MR) is 118 cm³/mol. The Balaban J connectivity index is 1.46. The van der Waals surface area contributed by atoms with Gasteiger partial charge in [-0.05, 0) is 55.2 Å². The van der Waals surface area contributed by atoms with E-state index >= 15 is 0 Å². The number of ether oxygens (including phenoxy) is 1. The van der Waals surface area contributed by atoms with Crippen LogP contribution in [0, 0.1) is 5.92 Å². The first-order valence-electron chi connectivity index (χ1n) is 10.9. The number of carbonyl (C=O) groups is 1. The van der Waals surface area contributed by atoms with Gasteiger partial charge in [0.2, 0.25) is 0 Å². The maximum absolute atomic E-state index is 12.8. The van der Waals surface area contributed by atoms with E-state index in [2.05, 4.69) is 16.4 Å². The summed E-state index contributed by atoms with van der Waals surface area (Å²) in [7, 11) is -3.29. The first-order valence-corrected chi connectivity index (χ1v) is 12.7. The second kappa shape index (κ2) is 7.82. The first-order chi connectivity index (χ1) is 14.9. The van der Waals surface area contributed by atoms with Crippen LogP contribution in [-0.4, -0.2) is 37.7 Å². The number of nitrogens with one attached hydrogen (secondary N) is 2. The van der Waals surface area contributed by atoms with Crippen molar-refractivity contribution in [3.05, 3.63) is 51.2 Å². The highest BCUT2D eigenvalue weighted by molar-refractivity contribution is 7.94. The lowest BCUT2D eigenvalue weighted by molar-refractivity contribution is 0.0946. The molecule has 31 heavy (non-hydrogen) atoms. The van der Waals surface area contributed by atoms with E-state index in [0.29, 0.717) is 24.0 Å². The standard InChI is InChI=1S/C23H26N2O5S/c26-22(24-17-9-10-31(28,29)13-17)19-11-16-7-8-18(15-5-2-6-15)21(20(16)25-23(19)27)30-12-14-3-1-4-14/h7-11,14-15,17H,1-6,12-13H2,(H,24,26)(H,25,27). The summed E-state index contributed by atoms with van der Waals surface area (Å²) in [5, 5.41) is 4.44. The summed E-state index contributed by atoms with van der Waals surface area (Å²) in [4.78, 5) is 28.3. The number of benzene rings is 1. The average molecular weight is 443 g/mol. The topological polar surface area (TPSA) is 105 Å². The molecule has 1 aliphatic heterocycles. The first kappa shape index (κ1) is 20.3. The minimum Gasteiger partial charge on any atom is -0.491 e. The van der Waals surface area contributed by atoms with Crippen molar-refractivity contribution in [3.63, 3.8) is 0 Å². The van der Waals surface area contributed by atoms with E-state index in [-0.39, 0.29) is 11.3 Å². The summed E-state index contributed by atoms with van der Waals surface area (Å²) in [6.45, 7) is 0.644. The SMILES string of the molecule is O=C(NC1C=CS(=O)(=O)C1)c1cc2ccc(C3CCC3)c(OCC3CCC3)c2[nH]c1=O. The Hall–Kier alpha value is -2.61.